The Bertz CT molecular complexity index is 807. The van der Waals surface area contributed by atoms with Gasteiger partial charge in [0.15, 0.2) is 0 Å². The molecular formula is C23H27Cl2NO2. The molecule has 0 spiro atoms. The number of amides is 1. The van der Waals surface area contributed by atoms with E-state index in [1.165, 1.54) is 0 Å². The van der Waals surface area contributed by atoms with Gasteiger partial charge >= 0.3 is 0 Å². The molecular weight excluding hydrogens is 393 g/mol. The van der Waals surface area contributed by atoms with E-state index in [1.54, 1.807) is 6.92 Å². The Balaban J connectivity index is 2.08. The van der Waals surface area contributed by atoms with Gasteiger partial charge in [-0.15, -0.1) is 0 Å². The van der Waals surface area contributed by atoms with E-state index in [-0.39, 0.29) is 23.9 Å². The number of likely N-dealkylation sites (tertiary alicyclic amines) is 1. The van der Waals surface area contributed by atoms with Crippen LogP contribution >= 0.6 is 23.2 Å². The van der Waals surface area contributed by atoms with Crippen molar-refractivity contribution < 1.29 is 9.90 Å². The van der Waals surface area contributed by atoms with Crippen LogP contribution in [-0.4, -0.2) is 28.1 Å². The van der Waals surface area contributed by atoms with Gasteiger partial charge in [-0.25, -0.2) is 0 Å². The van der Waals surface area contributed by atoms with Crippen molar-refractivity contribution in [3.05, 3.63) is 69.7 Å². The van der Waals surface area contributed by atoms with Gasteiger partial charge in [0, 0.05) is 28.4 Å². The molecule has 0 radical (unpaired) electrons. The highest BCUT2D eigenvalue weighted by Crippen LogP contribution is 2.45. The predicted molar refractivity (Wildman–Crippen MR) is 115 cm³/mol. The number of piperidine rings is 1. The Labute approximate surface area is 177 Å². The van der Waals surface area contributed by atoms with Crippen molar-refractivity contribution in [2.24, 2.45) is 0 Å². The quantitative estimate of drug-likeness (QED) is 0.624. The van der Waals surface area contributed by atoms with Gasteiger partial charge in [0.05, 0.1) is 12.1 Å². The Hall–Kier alpha value is -1.55. The standard InChI is InChI=1S/C23H27Cl2NO2/c1-3-20(13-15(2)27)26-22(28)12-11-21(17-5-4-6-19(25)14-17)23(26)16-7-9-18(24)10-8-16/h4-10,14-15,20-21,23,27H,3,11-13H2,1-2H3/t15?,20?,21-,23-/m1/s1. The van der Waals surface area contributed by atoms with Gasteiger partial charge in [-0.05, 0) is 61.6 Å². The van der Waals surface area contributed by atoms with Crippen molar-refractivity contribution in [1.82, 2.24) is 4.90 Å². The number of hydrogen-bond acceptors (Lipinski definition) is 2. The van der Waals surface area contributed by atoms with Crippen LogP contribution in [0.1, 0.15) is 62.6 Å². The van der Waals surface area contributed by atoms with E-state index in [9.17, 15) is 9.90 Å². The zero-order valence-corrected chi connectivity index (χ0v) is 17.8. The number of benzene rings is 2. The summed E-state index contributed by atoms with van der Waals surface area (Å²) in [5.41, 5.74) is 2.20. The SMILES string of the molecule is CCC(CC(C)O)N1C(=O)CC[C@H](c2cccc(Cl)c2)[C@H]1c1ccc(Cl)cc1. The van der Waals surface area contributed by atoms with Crippen LogP contribution in [0.5, 0.6) is 0 Å². The molecule has 1 aliphatic heterocycles. The highest BCUT2D eigenvalue weighted by Gasteiger charge is 2.40. The molecule has 2 aromatic carbocycles. The van der Waals surface area contributed by atoms with Crippen LogP contribution < -0.4 is 0 Å². The summed E-state index contributed by atoms with van der Waals surface area (Å²) in [6.07, 6.45) is 2.17. The number of carbonyl (C=O) groups excluding carboxylic acids is 1. The van der Waals surface area contributed by atoms with Gasteiger partial charge in [-0.1, -0.05) is 54.4 Å². The number of aliphatic hydroxyl groups excluding tert-OH is 1. The summed E-state index contributed by atoms with van der Waals surface area (Å²) in [7, 11) is 0. The molecule has 2 unspecified atom stereocenters. The van der Waals surface area contributed by atoms with Crippen LogP contribution in [0.2, 0.25) is 10.0 Å². The van der Waals surface area contributed by atoms with Crippen molar-refractivity contribution >= 4 is 29.1 Å². The van der Waals surface area contributed by atoms with Crippen LogP contribution in [0.3, 0.4) is 0 Å². The normalized spacial score (nSPS) is 22.2. The van der Waals surface area contributed by atoms with Gasteiger partial charge in [0.2, 0.25) is 5.91 Å². The molecule has 0 aromatic heterocycles. The third kappa shape index (κ3) is 4.71. The molecule has 5 heteroatoms. The first-order chi connectivity index (χ1) is 13.4. The second-order valence-corrected chi connectivity index (χ2v) is 8.52. The van der Waals surface area contributed by atoms with E-state index in [2.05, 4.69) is 13.0 Å². The second-order valence-electron chi connectivity index (χ2n) is 7.64. The Kier molecular flexibility index (Phi) is 7.03. The topological polar surface area (TPSA) is 40.5 Å². The summed E-state index contributed by atoms with van der Waals surface area (Å²) >= 11 is 12.4. The average molecular weight is 420 g/mol. The fourth-order valence-corrected chi connectivity index (χ4v) is 4.68. The number of carbonyl (C=O) groups is 1. The second kappa shape index (κ2) is 9.30. The Morgan fingerprint density at radius 1 is 1.11 bits per heavy atom. The van der Waals surface area contributed by atoms with E-state index in [0.717, 1.165) is 24.0 Å². The molecule has 1 N–H and O–H groups in total. The molecule has 1 amide bonds. The summed E-state index contributed by atoms with van der Waals surface area (Å²) in [5, 5.41) is 11.4. The summed E-state index contributed by atoms with van der Waals surface area (Å²) in [4.78, 5) is 15.1. The molecule has 0 aliphatic carbocycles. The van der Waals surface area contributed by atoms with E-state index in [1.807, 2.05) is 47.4 Å². The van der Waals surface area contributed by atoms with E-state index in [4.69, 9.17) is 23.2 Å². The molecule has 3 rings (SSSR count). The number of hydrogen-bond donors (Lipinski definition) is 1. The summed E-state index contributed by atoms with van der Waals surface area (Å²) in [5.74, 6) is 0.284. The first-order valence-electron chi connectivity index (χ1n) is 9.90. The lowest BCUT2D eigenvalue weighted by Gasteiger charge is -2.46. The van der Waals surface area contributed by atoms with E-state index >= 15 is 0 Å². The summed E-state index contributed by atoms with van der Waals surface area (Å²) < 4.78 is 0. The molecule has 1 aliphatic rings. The lowest BCUT2D eigenvalue weighted by molar-refractivity contribution is -0.141. The molecule has 3 nitrogen and oxygen atoms in total. The van der Waals surface area contributed by atoms with Gasteiger partial charge in [-0.2, -0.15) is 0 Å². The summed E-state index contributed by atoms with van der Waals surface area (Å²) in [6.45, 7) is 3.85. The number of rotatable bonds is 6. The van der Waals surface area contributed by atoms with Crippen molar-refractivity contribution in [1.29, 1.82) is 0 Å². The molecule has 0 bridgehead atoms. The maximum atomic E-state index is 13.1. The minimum atomic E-state index is -0.463. The first-order valence-corrected chi connectivity index (χ1v) is 10.7. The highest BCUT2D eigenvalue weighted by atomic mass is 35.5. The van der Waals surface area contributed by atoms with E-state index < -0.39 is 6.10 Å². The number of nitrogens with zero attached hydrogens (tertiary/aromatic N) is 1. The molecule has 28 heavy (non-hydrogen) atoms. The highest BCUT2D eigenvalue weighted by molar-refractivity contribution is 6.30. The zero-order chi connectivity index (χ0) is 20.3. The van der Waals surface area contributed by atoms with Crippen molar-refractivity contribution in [3.63, 3.8) is 0 Å². The van der Waals surface area contributed by atoms with Crippen LogP contribution in [0, 0.1) is 0 Å². The van der Waals surface area contributed by atoms with E-state index in [0.29, 0.717) is 22.9 Å². The lowest BCUT2D eigenvalue weighted by Crippen LogP contribution is -2.48. The van der Waals surface area contributed by atoms with Crippen molar-refractivity contribution in [2.45, 2.75) is 63.6 Å². The molecule has 0 saturated carbocycles. The Morgan fingerprint density at radius 3 is 2.43 bits per heavy atom. The predicted octanol–water partition coefficient (Wildman–Crippen LogP) is 5.99. The number of aliphatic hydroxyl groups is 1. The first kappa shape index (κ1) is 21.2. The summed E-state index contributed by atoms with van der Waals surface area (Å²) in [6, 6.07) is 15.5. The molecule has 2 aromatic rings. The number of halogens is 2. The molecule has 1 saturated heterocycles. The van der Waals surface area contributed by atoms with Crippen LogP contribution in [-0.2, 0) is 4.79 Å². The third-order valence-corrected chi connectivity index (χ3v) is 6.09. The smallest absolute Gasteiger partial charge is 0.223 e. The van der Waals surface area contributed by atoms with Gasteiger partial charge in [0.1, 0.15) is 0 Å². The minimum absolute atomic E-state index is 0.0184. The Morgan fingerprint density at radius 2 is 1.82 bits per heavy atom. The molecule has 1 fully saturated rings. The van der Waals surface area contributed by atoms with Crippen LogP contribution in [0.4, 0.5) is 0 Å². The molecule has 4 atom stereocenters. The van der Waals surface area contributed by atoms with Gasteiger partial charge < -0.3 is 10.0 Å². The monoisotopic (exact) mass is 419 g/mol. The maximum Gasteiger partial charge on any atom is 0.223 e. The molecule has 150 valence electrons. The van der Waals surface area contributed by atoms with Crippen molar-refractivity contribution in [2.75, 3.05) is 0 Å². The minimum Gasteiger partial charge on any atom is -0.393 e. The van der Waals surface area contributed by atoms with Crippen LogP contribution in [0.25, 0.3) is 0 Å². The zero-order valence-electron chi connectivity index (χ0n) is 16.3. The van der Waals surface area contributed by atoms with Crippen molar-refractivity contribution in [3.8, 4) is 0 Å². The lowest BCUT2D eigenvalue weighted by atomic mass is 9.78. The third-order valence-electron chi connectivity index (χ3n) is 5.60. The maximum absolute atomic E-state index is 13.1. The molecule has 1 heterocycles. The average Bonchev–Trinajstić information content (AvgIpc) is 2.66. The fourth-order valence-electron chi connectivity index (χ4n) is 4.36. The largest absolute Gasteiger partial charge is 0.393 e. The fraction of sp³-hybridized carbons (Fsp3) is 0.435. The van der Waals surface area contributed by atoms with Crippen LogP contribution in [0.15, 0.2) is 48.5 Å². The van der Waals surface area contributed by atoms with Gasteiger partial charge in [0.25, 0.3) is 0 Å². The van der Waals surface area contributed by atoms with Gasteiger partial charge in [-0.3, -0.25) is 4.79 Å².